The zero-order valence-electron chi connectivity index (χ0n) is 14.4. The van der Waals surface area contributed by atoms with Crippen LogP contribution in [0.1, 0.15) is 25.8 Å². The van der Waals surface area contributed by atoms with Gasteiger partial charge in [0, 0.05) is 23.3 Å². The molecular formula is C16H15N7O3S. The van der Waals surface area contributed by atoms with Gasteiger partial charge in [0.25, 0.3) is 4.96 Å². The summed E-state index contributed by atoms with van der Waals surface area (Å²) in [6.07, 6.45) is 4.91. The van der Waals surface area contributed by atoms with Crippen LogP contribution in [0.3, 0.4) is 0 Å². The van der Waals surface area contributed by atoms with Crippen molar-refractivity contribution in [3.05, 3.63) is 52.1 Å². The number of hydrogen-bond donors (Lipinski definition) is 1. The third-order valence-corrected chi connectivity index (χ3v) is 4.77. The van der Waals surface area contributed by atoms with E-state index in [1.807, 2.05) is 13.8 Å². The van der Waals surface area contributed by atoms with Gasteiger partial charge < -0.3 is 20.0 Å². The number of nitro groups is 1. The molecule has 0 saturated carbocycles. The van der Waals surface area contributed by atoms with Crippen LogP contribution in [0.4, 0.5) is 11.6 Å². The predicted octanol–water partition coefficient (Wildman–Crippen LogP) is 3.56. The molecule has 27 heavy (non-hydrogen) atoms. The van der Waals surface area contributed by atoms with Gasteiger partial charge in [-0.2, -0.15) is 14.4 Å². The minimum absolute atomic E-state index is 0.0232. The zero-order chi connectivity index (χ0) is 19.0. The SMILES string of the molecule is CC(C)C(Nc1nc2sccn2c1[N+](=O)[O-])c1nc(-c2ccncc2)no1. The molecule has 1 unspecified atom stereocenters. The first-order valence-electron chi connectivity index (χ1n) is 8.15. The van der Waals surface area contributed by atoms with E-state index in [-0.39, 0.29) is 17.6 Å². The van der Waals surface area contributed by atoms with Crippen molar-refractivity contribution < 1.29 is 9.45 Å². The molecule has 0 aliphatic carbocycles. The van der Waals surface area contributed by atoms with Crippen molar-refractivity contribution in [2.75, 3.05) is 5.32 Å². The molecule has 1 atom stereocenters. The van der Waals surface area contributed by atoms with E-state index in [9.17, 15) is 10.1 Å². The molecule has 4 rings (SSSR count). The van der Waals surface area contributed by atoms with Gasteiger partial charge in [0.15, 0.2) is 0 Å². The van der Waals surface area contributed by atoms with Crippen molar-refractivity contribution in [3.63, 3.8) is 0 Å². The molecule has 0 fully saturated rings. The second kappa shape index (κ2) is 6.76. The summed E-state index contributed by atoms with van der Waals surface area (Å²) in [5.74, 6) is 0.845. The van der Waals surface area contributed by atoms with E-state index >= 15 is 0 Å². The Kier molecular flexibility index (Phi) is 4.28. The minimum atomic E-state index is -0.456. The number of nitrogens with zero attached hydrogens (tertiary/aromatic N) is 6. The summed E-state index contributed by atoms with van der Waals surface area (Å²) in [7, 11) is 0. The summed E-state index contributed by atoms with van der Waals surface area (Å²) >= 11 is 1.32. The second-order valence-corrected chi connectivity index (χ2v) is 7.03. The van der Waals surface area contributed by atoms with Crippen LogP contribution < -0.4 is 5.32 Å². The number of pyridine rings is 1. The van der Waals surface area contributed by atoms with Gasteiger partial charge in [0.2, 0.25) is 17.5 Å². The molecule has 0 bridgehead atoms. The van der Waals surface area contributed by atoms with Crippen LogP contribution >= 0.6 is 11.3 Å². The topological polar surface area (TPSA) is 124 Å². The summed E-state index contributed by atoms with van der Waals surface area (Å²) < 4.78 is 6.87. The number of aromatic nitrogens is 5. The first-order chi connectivity index (χ1) is 13.0. The fourth-order valence-electron chi connectivity index (χ4n) is 2.69. The lowest BCUT2D eigenvalue weighted by Crippen LogP contribution is -2.18. The molecule has 1 N–H and O–H groups in total. The van der Waals surface area contributed by atoms with Crippen LogP contribution in [-0.2, 0) is 0 Å². The third kappa shape index (κ3) is 3.12. The van der Waals surface area contributed by atoms with E-state index in [4.69, 9.17) is 4.52 Å². The maximum Gasteiger partial charge on any atom is 0.372 e. The van der Waals surface area contributed by atoms with Gasteiger partial charge in [0.1, 0.15) is 12.2 Å². The van der Waals surface area contributed by atoms with Gasteiger partial charge >= 0.3 is 5.82 Å². The van der Waals surface area contributed by atoms with Gasteiger partial charge in [-0.25, -0.2) is 0 Å². The Labute approximate surface area is 157 Å². The number of nitrogens with one attached hydrogen (secondary N) is 1. The number of rotatable bonds is 6. The lowest BCUT2D eigenvalue weighted by Gasteiger charge is -2.17. The Morgan fingerprint density at radius 2 is 2.07 bits per heavy atom. The number of anilines is 1. The van der Waals surface area contributed by atoms with E-state index in [1.54, 1.807) is 36.1 Å². The highest BCUT2D eigenvalue weighted by Crippen LogP contribution is 2.33. The predicted molar refractivity (Wildman–Crippen MR) is 98.5 cm³/mol. The van der Waals surface area contributed by atoms with Gasteiger partial charge in [-0.05, 0) is 23.0 Å². The van der Waals surface area contributed by atoms with Gasteiger partial charge in [-0.1, -0.05) is 30.3 Å². The van der Waals surface area contributed by atoms with E-state index in [0.717, 1.165) is 5.56 Å². The second-order valence-electron chi connectivity index (χ2n) is 6.15. The highest BCUT2D eigenvalue weighted by atomic mass is 32.1. The van der Waals surface area contributed by atoms with Crippen molar-refractivity contribution in [2.24, 2.45) is 5.92 Å². The number of fused-ring (bicyclic) bond motifs is 1. The average Bonchev–Trinajstić information content (AvgIpc) is 3.35. The maximum absolute atomic E-state index is 11.5. The highest BCUT2D eigenvalue weighted by molar-refractivity contribution is 7.15. The number of thiazole rings is 1. The van der Waals surface area contributed by atoms with E-state index in [2.05, 4.69) is 25.4 Å². The molecule has 0 aromatic carbocycles. The molecule has 4 aromatic heterocycles. The Morgan fingerprint density at radius 3 is 2.78 bits per heavy atom. The van der Waals surface area contributed by atoms with Crippen LogP contribution in [0.15, 0.2) is 40.6 Å². The molecule has 0 amide bonds. The molecule has 0 spiro atoms. The third-order valence-electron chi connectivity index (χ3n) is 4.02. The molecule has 138 valence electrons. The summed E-state index contributed by atoms with van der Waals surface area (Å²) in [5.41, 5.74) is 0.774. The van der Waals surface area contributed by atoms with Crippen molar-refractivity contribution in [1.82, 2.24) is 24.5 Å². The molecule has 0 saturated heterocycles. The Bertz CT molecular complexity index is 1090. The normalized spacial score (nSPS) is 12.6. The van der Waals surface area contributed by atoms with E-state index < -0.39 is 11.0 Å². The van der Waals surface area contributed by atoms with Crippen molar-refractivity contribution in [2.45, 2.75) is 19.9 Å². The highest BCUT2D eigenvalue weighted by Gasteiger charge is 2.30. The molecular weight excluding hydrogens is 370 g/mol. The van der Waals surface area contributed by atoms with E-state index in [1.165, 1.54) is 15.7 Å². The summed E-state index contributed by atoms with van der Waals surface area (Å²) in [6, 6.07) is 3.12. The fraction of sp³-hybridized carbons (Fsp3) is 0.250. The Hall–Kier alpha value is -3.34. The fourth-order valence-corrected chi connectivity index (χ4v) is 3.39. The Balaban J connectivity index is 1.69. The summed E-state index contributed by atoms with van der Waals surface area (Å²) in [6.45, 7) is 3.91. The van der Waals surface area contributed by atoms with Crippen LogP contribution in [0.5, 0.6) is 0 Å². The molecule has 4 heterocycles. The van der Waals surface area contributed by atoms with Crippen molar-refractivity contribution in [1.29, 1.82) is 0 Å². The van der Waals surface area contributed by atoms with Crippen molar-refractivity contribution >= 4 is 27.9 Å². The van der Waals surface area contributed by atoms with Crippen LogP contribution in [0, 0.1) is 16.0 Å². The summed E-state index contributed by atoms with van der Waals surface area (Å²) in [5, 5.41) is 20.4. The molecule has 11 heteroatoms. The van der Waals surface area contributed by atoms with Crippen LogP contribution in [0.25, 0.3) is 16.3 Å². The molecule has 0 aliphatic heterocycles. The number of hydrogen-bond acceptors (Lipinski definition) is 9. The smallest absolute Gasteiger partial charge is 0.358 e. The summed E-state index contributed by atoms with van der Waals surface area (Å²) in [4.78, 5) is 24.4. The first kappa shape index (κ1) is 17.1. The average molecular weight is 385 g/mol. The lowest BCUT2D eigenvalue weighted by molar-refractivity contribution is -0.389. The molecule has 0 radical (unpaired) electrons. The largest absolute Gasteiger partial charge is 0.372 e. The minimum Gasteiger partial charge on any atom is -0.358 e. The first-order valence-corrected chi connectivity index (χ1v) is 9.03. The molecule has 0 aliphatic rings. The Morgan fingerprint density at radius 1 is 1.30 bits per heavy atom. The maximum atomic E-state index is 11.5. The lowest BCUT2D eigenvalue weighted by atomic mass is 10.0. The monoisotopic (exact) mass is 385 g/mol. The zero-order valence-corrected chi connectivity index (χ0v) is 15.3. The quantitative estimate of drug-likeness (QED) is 0.394. The standard InChI is InChI=1S/C16H15N7O3S/c1-9(2)11(14-19-12(21-26-14)10-3-5-17-6-4-10)18-13-15(23(24)25)22-7-8-27-16(22)20-13/h3-9,11,18H,1-2H3. The van der Waals surface area contributed by atoms with Gasteiger partial charge in [-0.15, -0.1) is 0 Å². The molecule has 10 nitrogen and oxygen atoms in total. The molecule has 4 aromatic rings. The van der Waals surface area contributed by atoms with Crippen LogP contribution in [0.2, 0.25) is 0 Å². The number of imidazole rings is 1. The van der Waals surface area contributed by atoms with Crippen LogP contribution in [-0.4, -0.2) is 29.4 Å². The van der Waals surface area contributed by atoms with E-state index in [0.29, 0.717) is 16.7 Å². The van der Waals surface area contributed by atoms with Crippen molar-refractivity contribution in [3.8, 4) is 11.4 Å². The van der Waals surface area contributed by atoms with Gasteiger partial charge in [-0.3, -0.25) is 4.98 Å². The van der Waals surface area contributed by atoms with Gasteiger partial charge in [0.05, 0.1) is 0 Å².